The predicted molar refractivity (Wildman–Crippen MR) is 118 cm³/mol. The van der Waals surface area contributed by atoms with Crippen molar-refractivity contribution in [2.45, 2.75) is 55.8 Å². The summed E-state index contributed by atoms with van der Waals surface area (Å²) < 4.78 is 0. The van der Waals surface area contributed by atoms with Gasteiger partial charge in [0.15, 0.2) is 0 Å². The summed E-state index contributed by atoms with van der Waals surface area (Å²) in [4.78, 5) is 26.9. The summed E-state index contributed by atoms with van der Waals surface area (Å²) in [5.41, 5.74) is 0.721. The van der Waals surface area contributed by atoms with Gasteiger partial charge in [0.1, 0.15) is 6.04 Å². The van der Waals surface area contributed by atoms with Gasteiger partial charge in [0.2, 0.25) is 11.8 Å². The fraction of sp³-hybridized carbons (Fsp3) is 0.391. The molecule has 0 radical (unpaired) electrons. The van der Waals surface area contributed by atoms with Crippen molar-refractivity contribution in [3.05, 3.63) is 66.2 Å². The zero-order valence-corrected chi connectivity index (χ0v) is 18.0. The maximum atomic E-state index is 13.0. The van der Waals surface area contributed by atoms with Gasteiger partial charge in [0, 0.05) is 16.2 Å². The van der Waals surface area contributed by atoms with E-state index >= 15 is 0 Å². The first-order valence-corrected chi connectivity index (χ1v) is 10.9. The minimum atomic E-state index is -0.489. The predicted octanol–water partition coefficient (Wildman–Crippen LogP) is 2.76. The minimum Gasteiger partial charge on any atom is -0.350 e. The summed E-state index contributed by atoms with van der Waals surface area (Å²) in [5.74, 6) is 0.463. The molecule has 2 aromatic carbocycles. The van der Waals surface area contributed by atoms with Gasteiger partial charge in [-0.3, -0.25) is 14.9 Å². The zero-order chi connectivity index (χ0) is 20.9. The second kappa shape index (κ2) is 9.46. The van der Waals surface area contributed by atoms with E-state index < -0.39 is 12.1 Å². The van der Waals surface area contributed by atoms with Crippen LogP contribution < -0.4 is 16.0 Å². The van der Waals surface area contributed by atoms with Gasteiger partial charge in [0.05, 0.1) is 12.1 Å². The van der Waals surface area contributed by atoms with Gasteiger partial charge < -0.3 is 10.6 Å². The average Bonchev–Trinajstić information content (AvgIpc) is 2.68. The lowest BCUT2D eigenvalue weighted by atomic mass is 9.97. The normalized spacial score (nSPS) is 22.0. The Balaban J connectivity index is 1.73. The number of piperazine rings is 1. The quantitative estimate of drug-likeness (QED) is 0.640. The van der Waals surface area contributed by atoms with Crippen LogP contribution in [0.4, 0.5) is 0 Å². The van der Waals surface area contributed by atoms with Crippen molar-refractivity contribution >= 4 is 23.6 Å². The number of thioether (sulfide) groups is 1. The van der Waals surface area contributed by atoms with E-state index in [9.17, 15) is 9.59 Å². The highest BCUT2D eigenvalue weighted by molar-refractivity contribution is 7.99. The molecule has 3 rings (SSSR count). The third-order valence-corrected chi connectivity index (χ3v) is 5.79. The van der Waals surface area contributed by atoms with Crippen LogP contribution in [0, 0.1) is 0 Å². The third kappa shape index (κ3) is 6.34. The smallest absolute Gasteiger partial charge is 0.239 e. The van der Waals surface area contributed by atoms with Crippen LogP contribution in [0.3, 0.4) is 0 Å². The molecule has 1 heterocycles. The van der Waals surface area contributed by atoms with Crippen molar-refractivity contribution in [1.82, 2.24) is 16.0 Å². The summed E-state index contributed by atoms with van der Waals surface area (Å²) in [6.45, 7) is 5.88. The average molecular weight is 412 g/mol. The lowest BCUT2D eigenvalue weighted by Crippen LogP contribution is -2.70. The molecule has 0 aromatic heterocycles. The molecule has 0 bridgehead atoms. The van der Waals surface area contributed by atoms with Crippen LogP contribution in [-0.4, -0.2) is 41.2 Å². The van der Waals surface area contributed by atoms with E-state index in [1.165, 1.54) is 0 Å². The van der Waals surface area contributed by atoms with Crippen molar-refractivity contribution in [3.8, 4) is 0 Å². The van der Waals surface area contributed by atoms with Gasteiger partial charge in [-0.2, -0.15) is 0 Å². The van der Waals surface area contributed by atoms with Crippen molar-refractivity contribution in [2.75, 3.05) is 5.75 Å². The summed E-state index contributed by atoms with van der Waals surface area (Å²) >= 11 is 1.64. The van der Waals surface area contributed by atoms with Gasteiger partial charge in [0.25, 0.3) is 0 Å². The number of rotatable bonds is 6. The number of carbonyl (C=O) groups is 2. The molecule has 1 saturated heterocycles. The second-order valence-corrected chi connectivity index (χ2v) is 9.46. The maximum absolute atomic E-state index is 13.0. The summed E-state index contributed by atoms with van der Waals surface area (Å²) in [5, 5.41) is 9.47. The molecule has 0 saturated carbocycles. The Morgan fingerprint density at radius 1 is 1.03 bits per heavy atom. The molecule has 5 nitrogen and oxygen atoms in total. The van der Waals surface area contributed by atoms with Crippen LogP contribution >= 0.6 is 11.8 Å². The van der Waals surface area contributed by atoms with E-state index in [1.807, 2.05) is 81.4 Å². The second-order valence-electron chi connectivity index (χ2n) is 8.37. The van der Waals surface area contributed by atoms with Crippen LogP contribution in [0.25, 0.3) is 0 Å². The minimum absolute atomic E-state index is 0.0627. The van der Waals surface area contributed by atoms with Crippen LogP contribution in [0.5, 0.6) is 0 Å². The fourth-order valence-corrected chi connectivity index (χ4v) is 4.32. The molecule has 2 amide bonds. The maximum Gasteiger partial charge on any atom is 0.239 e. The Labute approximate surface area is 177 Å². The van der Waals surface area contributed by atoms with E-state index in [0.29, 0.717) is 12.2 Å². The highest BCUT2D eigenvalue weighted by Gasteiger charge is 2.39. The largest absolute Gasteiger partial charge is 0.350 e. The molecule has 1 fully saturated rings. The number of carbonyl (C=O) groups excluding carboxylic acids is 2. The molecular formula is C23H29N3O2S. The molecule has 154 valence electrons. The SMILES string of the molecule is CC(C)(C)NC(=O)[C@@H]1N[C@H](Cc2ccccc2)C(=O)N[C@@H]1CSc1ccccc1. The Kier molecular flexibility index (Phi) is 6.98. The molecule has 0 unspecified atom stereocenters. The highest BCUT2D eigenvalue weighted by atomic mass is 32.2. The van der Waals surface area contributed by atoms with Gasteiger partial charge >= 0.3 is 0 Å². The Bertz CT molecular complexity index is 821. The van der Waals surface area contributed by atoms with Gasteiger partial charge in [-0.1, -0.05) is 48.5 Å². The van der Waals surface area contributed by atoms with E-state index in [0.717, 1.165) is 10.5 Å². The Morgan fingerprint density at radius 2 is 1.66 bits per heavy atom. The Morgan fingerprint density at radius 3 is 2.28 bits per heavy atom. The van der Waals surface area contributed by atoms with Gasteiger partial charge in [-0.15, -0.1) is 11.8 Å². The molecule has 29 heavy (non-hydrogen) atoms. The molecule has 0 aliphatic carbocycles. The molecular weight excluding hydrogens is 382 g/mol. The highest BCUT2D eigenvalue weighted by Crippen LogP contribution is 2.21. The Hall–Kier alpha value is -2.31. The van der Waals surface area contributed by atoms with Gasteiger partial charge in [-0.05, 0) is 44.9 Å². The van der Waals surface area contributed by atoms with Crippen LogP contribution in [0.15, 0.2) is 65.6 Å². The zero-order valence-electron chi connectivity index (χ0n) is 17.1. The number of amides is 2. The topological polar surface area (TPSA) is 70.2 Å². The van der Waals surface area contributed by atoms with Crippen molar-refractivity contribution < 1.29 is 9.59 Å². The number of nitrogens with one attached hydrogen (secondary N) is 3. The monoisotopic (exact) mass is 411 g/mol. The molecule has 0 spiro atoms. The number of benzene rings is 2. The van der Waals surface area contributed by atoms with Crippen LogP contribution in [0.1, 0.15) is 26.3 Å². The van der Waals surface area contributed by atoms with Crippen LogP contribution in [0.2, 0.25) is 0 Å². The molecule has 3 atom stereocenters. The van der Waals surface area contributed by atoms with Crippen LogP contribution in [-0.2, 0) is 16.0 Å². The third-order valence-electron chi connectivity index (χ3n) is 4.66. The molecule has 6 heteroatoms. The summed E-state index contributed by atoms with van der Waals surface area (Å²) in [6, 6.07) is 18.7. The van der Waals surface area contributed by atoms with Gasteiger partial charge in [-0.25, -0.2) is 0 Å². The van der Waals surface area contributed by atoms with Crippen molar-refractivity contribution in [2.24, 2.45) is 0 Å². The molecule has 1 aliphatic heterocycles. The number of hydrogen-bond donors (Lipinski definition) is 3. The fourth-order valence-electron chi connectivity index (χ4n) is 3.32. The van der Waals surface area contributed by atoms with E-state index in [1.54, 1.807) is 11.8 Å². The molecule has 2 aromatic rings. The summed E-state index contributed by atoms with van der Waals surface area (Å²) in [6.07, 6.45) is 0.546. The first kappa shape index (κ1) is 21.4. The van der Waals surface area contributed by atoms with Crippen molar-refractivity contribution in [1.29, 1.82) is 0 Å². The standard InChI is InChI=1S/C23H29N3O2S/c1-23(2,3)26-22(28)20-19(15-29-17-12-8-5-9-13-17)25-21(27)18(24-20)14-16-10-6-4-7-11-16/h4-13,18-20,24H,14-15H2,1-3H3,(H,25,27)(H,26,28)/t18-,19-,20-/m1/s1. The molecule has 1 aliphatic rings. The van der Waals surface area contributed by atoms with E-state index in [-0.39, 0.29) is 23.4 Å². The molecule has 3 N–H and O–H groups in total. The lowest BCUT2D eigenvalue weighted by molar-refractivity contribution is -0.131. The number of hydrogen-bond acceptors (Lipinski definition) is 4. The first-order chi connectivity index (χ1) is 13.8. The van der Waals surface area contributed by atoms with E-state index in [2.05, 4.69) is 16.0 Å². The van der Waals surface area contributed by atoms with E-state index in [4.69, 9.17) is 0 Å². The first-order valence-electron chi connectivity index (χ1n) is 9.92. The lowest BCUT2D eigenvalue weighted by Gasteiger charge is -2.38. The summed E-state index contributed by atoms with van der Waals surface area (Å²) in [7, 11) is 0. The van der Waals surface area contributed by atoms with Crippen molar-refractivity contribution in [3.63, 3.8) is 0 Å².